The third-order valence-corrected chi connectivity index (χ3v) is 2.89. The second kappa shape index (κ2) is 5.90. The zero-order valence-corrected chi connectivity index (χ0v) is 12.7. The molecule has 0 spiro atoms. The monoisotopic (exact) mass is 274 g/mol. The molecule has 0 saturated carbocycles. The Morgan fingerprint density at radius 3 is 2.50 bits per heavy atom. The van der Waals surface area contributed by atoms with Crippen LogP contribution in [0.5, 0.6) is 0 Å². The fourth-order valence-corrected chi connectivity index (χ4v) is 1.92. The van der Waals surface area contributed by atoms with Crippen molar-refractivity contribution in [3.63, 3.8) is 0 Å². The van der Waals surface area contributed by atoms with E-state index in [0.29, 0.717) is 0 Å². The SMILES string of the molecule is CCNc1cc(Nc2cn(C)nc2C)nc(C(C)C)n1. The summed E-state index contributed by atoms with van der Waals surface area (Å²) in [5.41, 5.74) is 1.91. The Labute approximate surface area is 119 Å². The maximum absolute atomic E-state index is 4.56. The number of rotatable bonds is 5. The lowest BCUT2D eigenvalue weighted by Gasteiger charge is -2.11. The summed E-state index contributed by atoms with van der Waals surface area (Å²) in [6, 6.07) is 1.92. The third kappa shape index (κ3) is 3.26. The van der Waals surface area contributed by atoms with Crippen molar-refractivity contribution in [2.45, 2.75) is 33.6 Å². The van der Waals surface area contributed by atoms with Crippen molar-refractivity contribution in [2.75, 3.05) is 17.2 Å². The maximum atomic E-state index is 4.56. The second-order valence-corrected chi connectivity index (χ2v) is 5.11. The highest BCUT2D eigenvalue weighted by Crippen LogP contribution is 2.22. The summed E-state index contributed by atoms with van der Waals surface area (Å²) in [4.78, 5) is 9.07. The summed E-state index contributed by atoms with van der Waals surface area (Å²) in [6.07, 6.45) is 1.94. The van der Waals surface area contributed by atoms with Crippen LogP contribution in [-0.4, -0.2) is 26.3 Å². The molecule has 0 bridgehead atoms. The van der Waals surface area contributed by atoms with Crippen LogP contribution in [0, 0.1) is 6.92 Å². The van der Waals surface area contributed by atoms with E-state index in [4.69, 9.17) is 0 Å². The van der Waals surface area contributed by atoms with Gasteiger partial charge in [0.05, 0.1) is 11.4 Å². The Bertz CT molecular complexity index is 587. The molecule has 2 rings (SSSR count). The van der Waals surface area contributed by atoms with Crippen molar-refractivity contribution >= 4 is 17.3 Å². The molecule has 0 aliphatic rings. The summed E-state index contributed by atoms with van der Waals surface area (Å²) in [5, 5.41) is 10.9. The van der Waals surface area contributed by atoms with E-state index in [9.17, 15) is 0 Å². The number of nitrogens with one attached hydrogen (secondary N) is 2. The molecule has 0 saturated heterocycles. The Hall–Kier alpha value is -2.11. The smallest absolute Gasteiger partial charge is 0.136 e. The molecule has 6 heteroatoms. The van der Waals surface area contributed by atoms with E-state index in [2.05, 4.69) is 46.5 Å². The van der Waals surface area contributed by atoms with Gasteiger partial charge in [-0.3, -0.25) is 4.68 Å². The highest BCUT2D eigenvalue weighted by atomic mass is 15.3. The molecule has 0 aliphatic carbocycles. The maximum Gasteiger partial charge on any atom is 0.136 e. The van der Waals surface area contributed by atoms with Crippen molar-refractivity contribution in [2.24, 2.45) is 7.05 Å². The number of hydrogen-bond acceptors (Lipinski definition) is 5. The van der Waals surface area contributed by atoms with E-state index < -0.39 is 0 Å². The van der Waals surface area contributed by atoms with Crippen LogP contribution in [0.3, 0.4) is 0 Å². The molecule has 0 atom stereocenters. The topological polar surface area (TPSA) is 67.7 Å². The van der Waals surface area contributed by atoms with Crippen LogP contribution < -0.4 is 10.6 Å². The Morgan fingerprint density at radius 1 is 1.25 bits per heavy atom. The second-order valence-electron chi connectivity index (χ2n) is 5.11. The average Bonchev–Trinajstić information content (AvgIpc) is 2.68. The first-order valence-corrected chi connectivity index (χ1v) is 6.89. The van der Waals surface area contributed by atoms with Crippen LogP contribution >= 0.6 is 0 Å². The molecule has 0 aromatic carbocycles. The van der Waals surface area contributed by atoms with Gasteiger partial charge in [-0.25, -0.2) is 9.97 Å². The normalized spacial score (nSPS) is 10.9. The first-order chi connectivity index (χ1) is 9.49. The van der Waals surface area contributed by atoms with E-state index in [1.807, 2.05) is 26.2 Å². The molecule has 2 N–H and O–H groups in total. The molecule has 0 aliphatic heterocycles. The molecule has 2 aromatic heterocycles. The molecular formula is C14H22N6. The van der Waals surface area contributed by atoms with Gasteiger partial charge >= 0.3 is 0 Å². The van der Waals surface area contributed by atoms with Crippen LogP contribution in [0.15, 0.2) is 12.3 Å². The summed E-state index contributed by atoms with van der Waals surface area (Å²) < 4.78 is 1.79. The molecule has 6 nitrogen and oxygen atoms in total. The standard InChI is InChI=1S/C14H22N6/c1-6-15-12-7-13(18-14(17-12)9(2)3)16-11-8-20(5)19-10(11)4/h7-9H,6H2,1-5H3,(H2,15,16,17,18). The molecule has 0 amide bonds. The number of nitrogens with zero attached hydrogens (tertiary/aromatic N) is 4. The number of aromatic nitrogens is 4. The fourth-order valence-electron chi connectivity index (χ4n) is 1.92. The van der Waals surface area contributed by atoms with Gasteiger partial charge in [-0.1, -0.05) is 13.8 Å². The third-order valence-electron chi connectivity index (χ3n) is 2.89. The van der Waals surface area contributed by atoms with Crippen LogP contribution in [0.25, 0.3) is 0 Å². The Morgan fingerprint density at radius 2 is 1.95 bits per heavy atom. The summed E-state index contributed by atoms with van der Waals surface area (Å²) >= 11 is 0. The Balaban J connectivity index is 2.32. The predicted octanol–water partition coefficient (Wildman–Crippen LogP) is 2.82. The molecule has 108 valence electrons. The van der Waals surface area contributed by atoms with E-state index in [1.54, 1.807) is 4.68 Å². The van der Waals surface area contributed by atoms with Crippen molar-refractivity contribution in [3.05, 3.63) is 23.8 Å². The quantitative estimate of drug-likeness (QED) is 0.877. The van der Waals surface area contributed by atoms with E-state index >= 15 is 0 Å². The van der Waals surface area contributed by atoms with Gasteiger partial charge in [0.1, 0.15) is 17.5 Å². The lowest BCUT2D eigenvalue weighted by atomic mass is 10.2. The van der Waals surface area contributed by atoms with Gasteiger partial charge in [-0.15, -0.1) is 0 Å². The minimum Gasteiger partial charge on any atom is -0.370 e. The van der Waals surface area contributed by atoms with Crippen molar-refractivity contribution in [1.82, 2.24) is 19.7 Å². The zero-order chi connectivity index (χ0) is 14.7. The van der Waals surface area contributed by atoms with Crippen molar-refractivity contribution in [3.8, 4) is 0 Å². The lowest BCUT2D eigenvalue weighted by molar-refractivity contribution is 0.756. The van der Waals surface area contributed by atoms with Crippen LogP contribution in [0.2, 0.25) is 0 Å². The number of anilines is 3. The highest BCUT2D eigenvalue weighted by Gasteiger charge is 2.10. The van der Waals surface area contributed by atoms with Gasteiger partial charge in [0.25, 0.3) is 0 Å². The molecule has 0 radical (unpaired) electrons. The van der Waals surface area contributed by atoms with Crippen LogP contribution in [-0.2, 0) is 7.05 Å². The van der Waals surface area contributed by atoms with Gasteiger partial charge in [0.2, 0.25) is 0 Å². The zero-order valence-electron chi connectivity index (χ0n) is 12.7. The minimum atomic E-state index is 0.282. The summed E-state index contributed by atoms with van der Waals surface area (Å²) in [5.74, 6) is 2.74. The number of aryl methyl sites for hydroxylation is 2. The van der Waals surface area contributed by atoms with Crippen molar-refractivity contribution < 1.29 is 0 Å². The molecule has 2 aromatic rings. The largest absolute Gasteiger partial charge is 0.370 e. The molecule has 2 heterocycles. The fraction of sp³-hybridized carbons (Fsp3) is 0.500. The van der Waals surface area contributed by atoms with E-state index in [0.717, 1.165) is 35.4 Å². The van der Waals surface area contributed by atoms with E-state index in [1.165, 1.54) is 0 Å². The predicted molar refractivity (Wildman–Crippen MR) is 81.5 cm³/mol. The van der Waals surface area contributed by atoms with Crippen molar-refractivity contribution in [1.29, 1.82) is 0 Å². The van der Waals surface area contributed by atoms with Crippen LogP contribution in [0.4, 0.5) is 17.3 Å². The molecule has 20 heavy (non-hydrogen) atoms. The van der Waals surface area contributed by atoms with Gasteiger partial charge in [0, 0.05) is 31.8 Å². The van der Waals surface area contributed by atoms with Gasteiger partial charge < -0.3 is 10.6 Å². The summed E-state index contributed by atoms with van der Waals surface area (Å²) in [6.45, 7) is 9.03. The first kappa shape index (κ1) is 14.3. The van der Waals surface area contributed by atoms with Gasteiger partial charge in [0.15, 0.2) is 0 Å². The highest BCUT2D eigenvalue weighted by molar-refractivity contribution is 5.60. The lowest BCUT2D eigenvalue weighted by Crippen LogP contribution is -2.07. The summed E-state index contributed by atoms with van der Waals surface area (Å²) in [7, 11) is 1.90. The van der Waals surface area contributed by atoms with Gasteiger partial charge in [-0.2, -0.15) is 5.10 Å². The average molecular weight is 274 g/mol. The molecule has 0 fully saturated rings. The minimum absolute atomic E-state index is 0.282. The van der Waals surface area contributed by atoms with Crippen LogP contribution in [0.1, 0.15) is 38.2 Å². The molecular weight excluding hydrogens is 252 g/mol. The first-order valence-electron chi connectivity index (χ1n) is 6.89. The Kier molecular flexibility index (Phi) is 4.22. The van der Waals surface area contributed by atoms with Gasteiger partial charge in [-0.05, 0) is 13.8 Å². The van der Waals surface area contributed by atoms with E-state index in [-0.39, 0.29) is 5.92 Å². The molecule has 0 unspecified atom stereocenters. The number of hydrogen-bond donors (Lipinski definition) is 2.